The van der Waals surface area contributed by atoms with Crippen LogP contribution in [0.15, 0.2) is 18.2 Å². The first-order chi connectivity index (χ1) is 9.56. The molecule has 1 amide bonds. The van der Waals surface area contributed by atoms with E-state index in [1.165, 1.54) is 0 Å². The number of nitrogens with one attached hydrogen (secondary N) is 1. The first-order valence-electron chi connectivity index (χ1n) is 6.82. The zero-order valence-electron chi connectivity index (χ0n) is 12.1. The van der Waals surface area contributed by atoms with Crippen LogP contribution >= 0.6 is 0 Å². The van der Waals surface area contributed by atoms with Crippen molar-refractivity contribution in [2.45, 2.75) is 26.7 Å². The topological polar surface area (TPSA) is 82.2 Å². The van der Waals surface area contributed by atoms with Crippen molar-refractivity contribution in [1.29, 1.82) is 5.26 Å². The van der Waals surface area contributed by atoms with Crippen LogP contribution < -0.4 is 11.1 Å². The number of aryl methyl sites for hydroxylation is 1. The molecule has 0 fully saturated rings. The van der Waals surface area contributed by atoms with E-state index in [2.05, 4.69) is 16.3 Å². The summed E-state index contributed by atoms with van der Waals surface area (Å²) in [6.07, 6.45) is 0.900. The molecule has 0 aliphatic rings. The Morgan fingerprint density at radius 3 is 2.85 bits per heavy atom. The molecule has 0 aliphatic carbocycles. The monoisotopic (exact) mass is 274 g/mol. The largest absolute Gasteiger partial charge is 0.399 e. The second-order valence-corrected chi connectivity index (χ2v) is 4.71. The summed E-state index contributed by atoms with van der Waals surface area (Å²) < 4.78 is 0. The van der Waals surface area contributed by atoms with Crippen molar-refractivity contribution in [1.82, 2.24) is 4.90 Å². The normalized spacial score (nSPS) is 10.3. The smallest absolute Gasteiger partial charge is 0.225 e. The van der Waals surface area contributed by atoms with E-state index in [0.29, 0.717) is 31.6 Å². The van der Waals surface area contributed by atoms with E-state index >= 15 is 0 Å². The van der Waals surface area contributed by atoms with Gasteiger partial charge in [-0.05, 0) is 31.2 Å². The molecule has 5 nitrogen and oxygen atoms in total. The first-order valence-corrected chi connectivity index (χ1v) is 6.82. The zero-order valence-corrected chi connectivity index (χ0v) is 12.1. The second kappa shape index (κ2) is 8.18. The van der Waals surface area contributed by atoms with Gasteiger partial charge in [-0.2, -0.15) is 5.26 Å². The molecule has 0 heterocycles. The molecule has 0 spiro atoms. The van der Waals surface area contributed by atoms with Gasteiger partial charge in [0.2, 0.25) is 5.91 Å². The van der Waals surface area contributed by atoms with Gasteiger partial charge in [0, 0.05) is 37.3 Å². The van der Waals surface area contributed by atoms with Crippen LogP contribution in [0.3, 0.4) is 0 Å². The van der Waals surface area contributed by atoms with Crippen molar-refractivity contribution in [2.24, 2.45) is 0 Å². The molecule has 0 bridgehead atoms. The molecule has 108 valence electrons. The lowest BCUT2D eigenvalue weighted by molar-refractivity contribution is -0.116. The highest BCUT2D eigenvalue weighted by atomic mass is 16.1. The van der Waals surface area contributed by atoms with Crippen molar-refractivity contribution in [2.75, 3.05) is 30.7 Å². The van der Waals surface area contributed by atoms with E-state index in [4.69, 9.17) is 11.0 Å². The number of carbonyl (C=O) groups excluding carboxylic acids is 1. The molecule has 0 radical (unpaired) electrons. The Balaban J connectivity index is 2.47. The lowest BCUT2D eigenvalue weighted by atomic mass is 10.2. The van der Waals surface area contributed by atoms with Crippen molar-refractivity contribution in [3.05, 3.63) is 23.8 Å². The van der Waals surface area contributed by atoms with Gasteiger partial charge in [-0.25, -0.2) is 0 Å². The standard InChI is InChI=1S/C15H22N4O/c1-3-19(9-4-8-16)10-7-15(20)18-14-11-13(17)6-5-12(14)2/h5-6,11H,3-4,7,9-10,17H2,1-2H3,(H,18,20). The highest BCUT2D eigenvalue weighted by molar-refractivity contribution is 5.92. The number of hydrogen-bond acceptors (Lipinski definition) is 4. The Morgan fingerprint density at radius 2 is 2.20 bits per heavy atom. The third-order valence-corrected chi connectivity index (χ3v) is 3.18. The van der Waals surface area contributed by atoms with Crippen LogP contribution in [0.5, 0.6) is 0 Å². The Morgan fingerprint density at radius 1 is 1.45 bits per heavy atom. The van der Waals surface area contributed by atoms with Crippen molar-refractivity contribution in [3.8, 4) is 6.07 Å². The van der Waals surface area contributed by atoms with Crippen molar-refractivity contribution < 1.29 is 4.79 Å². The summed E-state index contributed by atoms with van der Waals surface area (Å²) in [7, 11) is 0. The van der Waals surface area contributed by atoms with Crippen LogP contribution in [0.25, 0.3) is 0 Å². The van der Waals surface area contributed by atoms with Gasteiger partial charge in [0.25, 0.3) is 0 Å². The summed E-state index contributed by atoms with van der Waals surface area (Å²) in [5.41, 5.74) is 8.10. The Bertz CT molecular complexity index is 493. The zero-order chi connectivity index (χ0) is 15.0. The molecular formula is C15H22N4O. The van der Waals surface area contributed by atoms with Crippen LogP contribution in [0.1, 0.15) is 25.3 Å². The maximum Gasteiger partial charge on any atom is 0.225 e. The predicted molar refractivity (Wildman–Crippen MR) is 81.2 cm³/mol. The minimum Gasteiger partial charge on any atom is -0.399 e. The summed E-state index contributed by atoms with van der Waals surface area (Å²) in [5, 5.41) is 11.4. The van der Waals surface area contributed by atoms with Gasteiger partial charge in [-0.15, -0.1) is 0 Å². The molecule has 0 aliphatic heterocycles. The molecule has 1 aromatic rings. The van der Waals surface area contributed by atoms with E-state index in [0.717, 1.165) is 17.8 Å². The molecule has 1 rings (SSSR count). The lowest BCUT2D eigenvalue weighted by Crippen LogP contribution is -2.28. The number of rotatable bonds is 7. The number of carbonyl (C=O) groups is 1. The maximum absolute atomic E-state index is 11.9. The van der Waals surface area contributed by atoms with Crippen molar-refractivity contribution >= 4 is 17.3 Å². The predicted octanol–water partition coefficient (Wildman–Crippen LogP) is 2.14. The van der Waals surface area contributed by atoms with Crippen LogP contribution in [0.2, 0.25) is 0 Å². The number of hydrogen-bond donors (Lipinski definition) is 2. The van der Waals surface area contributed by atoms with Gasteiger partial charge in [0.1, 0.15) is 0 Å². The Kier molecular flexibility index (Phi) is 6.54. The summed E-state index contributed by atoms with van der Waals surface area (Å²) in [5.74, 6) is -0.0332. The second-order valence-electron chi connectivity index (χ2n) is 4.71. The molecule has 0 aromatic heterocycles. The molecule has 3 N–H and O–H groups in total. The Hall–Kier alpha value is -2.06. The van der Waals surface area contributed by atoms with Gasteiger partial charge >= 0.3 is 0 Å². The minimum atomic E-state index is -0.0332. The van der Waals surface area contributed by atoms with E-state index < -0.39 is 0 Å². The van der Waals surface area contributed by atoms with Crippen molar-refractivity contribution in [3.63, 3.8) is 0 Å². The average molecular weight is 274 g/mol. The maximum atomic E-state index is 11.9. The summed E-state index contributed by atoms with van der Waals surface area (Å²) in [4.78, 5) is 14.0. The molecule has 0 saturated heterocycles. The van der Waals surface area contributed by atoms with Gasteiger partial charge < -0.3 is 16.0 Å². The molecule has 0 atom stereocenters. The quantitative estimate of drug-likeness (QED) is 0.746. The number of nitrogens with zero attached hydrogens (tertiary/aromatic N) is 2. The molecule has 0 unspecified atom stereocenters. The van der Waals surface area contributed by atoms with Gasteiger partial charge in [0.15, 0.2) is 0 Å². The highest BCUT2D eigenvalue weighted by Gasteiger charge is 2.08. The third kappa shape index (κ3) is 5.29. The number of nitrogens with two attached hydrogens (primary N) is 1. The summed E-state index contributed by atoms with van der Waals surface area (Å²) in [6.45, 7) is 6.16. The average Bonchev–Trinajstić information content (AvgIpc) is 2.43. The van der Waals surface area contributed by atoms with E-state index in [1.807, 2.05) is 26.0 Å². The SMILES string of the molecule is CCN(CCC#N)CCC(=O)Nc1cc(N)ccc1C. The summed E-state index contributed by atoms with van der Waals surface area (Å²) in [6, 6.07) is 7.58. The van der Waals surface area contributed by atoms with E-state index in [1.54, 1.807) is 6.07 Å². The lowest BCUT2D eigenvalue weighted by Gasteiger charge is -2.18. The van der Waals surface area contributed by atoms with Crippen LogP contribution in [-0.2, 0) is 4.79 Å². The van der Waals surface area contributed by atoms with Crippen LogP contribution in [-0.4, -0.2) is 30.4 Å². The van der Waals surface area contributed by atoms with E-state index in [-0.39, 0.29) is 5.91 Å². The molecule has 0 saturated carbocycles. The minimum absolute atomic E-state index is 0.0332. The van der Waals surface area contributed by atoms with Crippen LogP contribution in [0.4, 0.5) is 11.4 Å². The molecular weight excluding hydrogens is 252 g/mol. The fraction of sp³-hybridized carbons (Fsp3) is 0.467. The van der Waals surface area contributed by atoms with Gasteiger partial charge in [0.05, 0.1) is 6.07 Å². The molecule has 1 aromatic carbocycles. The number of nitrogen functional groups attached to an aromatic ring is 1. The van der Waals surface area contributed by atoms with Crippen LogP contribution in [0, 0.1) is 18.3 Å². The number of nitriles is 1. The first kappa shape index (κ1) is 16.0. The van der Waals surface area contributed by atoms with E-state index in [9.17, 15) is 4.79 Å². The molecule has 20 heavy (non-hydrogen) atoms. The molecule has 5 heteroatoms. The summed E-state index contributed by atoms with van der Waals surface area (Å²) >= 11 is 0. The number of amides is 1. The third-order valence-electron chi connectivity index (χ3n) is 3.18. The number of benzene rings is 1. The number of anilines is 2. The Labute approximate surface area is 120 Å². The van der Waals surface area contributed by atoms with Gasteiger partial charge in [-0.3, -0.25) is 4.79 Å². The fourth-order valence-electron chi connectivity index (χ4n) is 1.88. The fourth-order valence-corrected chi connectivity index (χ4v) is 1.88. The highest BCUT2D eigenvalue weighted by Crippen LogP contribution is 2.18. The van der Waals surface area contributed by atoms with Gasteiger partial charge in [-0.1, -0.05) is 13.0 Å².